The average Bonchev–Trinajstić information content (AvgIpc) is 2.59. The Kier molecular flexibility index (Phi) is 2.98. The molecule has 4 heteroatoms. The van der Waals surface area contributed by atoms with Crippen LogP contribution in [-0.4, -0.2) is 28.7 Å². The van der Waals surface area contributed by atoms with E-state index in [1.54, 1.807) is 11.3 Å². The third-order valence-electron chi connectivity index (χ3n) is 2.54. The molecule has 1 atom stereocenters. The van der Waals surface area contributed by atoms with Gasteiger partial charge in [0.2, 0.25) is 0 Å². The Labute approximate surface area is 96.7 Å². The predicted molar refractivity (Wildman–Crippen MR) is 62.5 cm³/mol. The number of hydrogen-bond donors (Lipinski definition) is 1. The molecule has 0 aliphatic carbocycles. The second-order valence-electron chi connectivity index (χ2n) is 4.16. The van der Waals surface area contributed by atoms with Crippen molar-refractivity contribution in [3.05, 3.63) is 20.8 Å². The highest BCUT2D eigenvalue weighted by molar-refractivity contribution is 9.11. The van der Waals surface area contributed by atoms with Crippen LogP contribution in [0.5, 0.6) is 0 Å². The zero-order valence-electron chi connectivity index (χ0n) is 8.16. The predicted octanol–water partition coefficient (Wildman–Crippen LogP) is 2.47. The minimum absolute atomic E-state index is 0.478. The van der Waals surface area contributed by atoms with E-state index in [1.165, 1.54) is 8.66 Å². The van der Waals surface area contributed by atoms with Gasteiger partial charge in [-0.25, -0.2) is 0 Å². The van der Waals surface area contributed by atoms with Crippen molar-refractivity contribution in [2.45, 2.75) is 25.5 Å². The first-order valence-electron chi connectivity index (χ1n) is 4.74. The van der Waals surface area contributed by atoms with Crippen molar-refractivity contribution >= 4 is 27.3 Å². The van der Waals surface area contributed by atoms with Crippen molar-refractivity contribution in [1.29, 1.82) is 0 Å². The van der Waals surface area contributed by atoms with E-state index in [0.717, 1.165) is 26.1 Å². The Morgan fingerprint density at radius 3 is 2.93 bits per heavy atom. The van der Waals surface area contributed by atoms with E-state index < -0.39 is 5.60 Å². The molecule has 1 fully saturated rings. The quantitative estimate of drug-likeness (QED) is 0.897. The number of likely N-dealkylation sites (tertiary alicyclic amines) is 1. The molecule has 1 aliphatic heterocycles. The summed E-state index contributed by atoms with van der Waals surface area (Å²) in [5.74, 6) is 0. The molecule has 1 aromatic rings. The van der Waals surface area contributed by atoms with E-state index >= 15 is 0 Å². The van der Waals surface area contributed by atoms with Crippen molar-refractivity contribution in [3.63, 3.8) is 0 Å². The maximum atomic E-state index is 9.80. The summed E-state index contributed by atoms with van der Waals surface area (Å²) in [5.41, 5.74) is -0.478. The molecule has 0 radical (unpaired) electrons. The van der Waals surface area contributed by atoms with Gasteiger partial charge in [0.1, 0.15) is 0 Å². The summed E-state index contributed by atoms with van der Waals surface area (Å²) in [6.07, 6.45) is 0.888. The topological polar surface area (TPSA) is 23.5 Å². The Balaban J connectivity index is 1.94. The van der Waals surface area contributed by atoms with Crippen molar-refractivity contribution in [2.75, 3.05) is 13.1 Å². The number of β-amino-alcohol motifs (C(OH)–C–C–N with tert-alkyl or cyclic N) is 1. The van der Waals surface area contributed by atoms with Crippen LogP contribution in [0.4, 0.5) is 0 Å². The Hall–Kier alpha value is 0.1000. The number of halogens is 1. The number of rotatable bonds is 2. The lowest BCUT2D eigenvalue weighted by molar-refractivity contribution is 0.0680. The lowest BCUT2D eigenvalue weighted by atomic mass is 10.1. The average molecular weight is 276 g/mol. The van der Waals surface area contributed by atoms with E-state index in [4.69, 9.17) is 0 Å². The highest BCUT2D eigenvalue weighted by atomic mass is 79.9. The zero-order chi connectivity index (χ0) is 10.2. The summed E-state index contributed by atoms with van der Waals surface area (Å²) in [6, 6.07) is 4.22. The Bertz CT molecular complexity index is 324. The first-order chi connectivity index (χ1) is 6.55. The SMILES string of the molecule is CC1(O)CCN(Cc2ccc(Br)s2)C1. The van der Waals surface area contributed by atoms with Gasteiger partial charge in [0.05, 0.1) is 9.39 Å². The van der Waals surface area contributed by atoms with Gasteiger partial charge >= 0.3 is 0 Å². The van der Waals surface area contributed by atoms with Crippen molar-refractivity contribution in [3.8, 4) is 0 Å². The van der Waals surface area contributed by atoms with Crippen molar-refractivity contribution < 1.29 is 5.11 Å². The fraction of sp³-hybridized carbons (Fsp3) is 0.600. The first-order valence-corrected chi connectivity index (χ1v) is 6.35. The first kappa shape index (κ1) is 10.6. The van der Waals surface area contributed by atoms with E-state index in [2.05, 4.69) is 33.0 Å². The van der Waals surface area contributed by atoms with Gasteiger partial charge in [0.25, 0.3) is 0 Å². The third-order valence-corrected chi connectivity index (χ3v) is 4.15. The van der Waals surface area contributed by atoms with Gasteiger partial charge in [0, 0.05) is 24.5 Å². The molecule has 0 spiro atoms. The molecular formula is C10H14BrNOS. The van der Waals surface area contributed by atoms with E-state index in [9.17, 15) is 5.11 Å². The molecule has 2 heterocycles. The molecular weight excluding hydrogens is 262 g/mol. The molecule has 1 N–H and O–H groups in total. The van der Waals surface area contributed by atoms with Crippen LogP contribution >= 0.6 is 27.3 Å². The van der Waals surface area contributed by atoms with Crippen LogP contribution in [0.2, 0.25) is 0 Å². The summed E-state index contributed by atoms with van der Waals surface area (Å²) in [5, 5.41) is 9.80. The summed E-state index contributed by atoms with van der Waals surface area (Å²) in [7, 11) is 0. The summed E-state index contributed by atoms with van der Waals surface area (Å²) in [6.45, 7) is 4.68. The van der Waals surface area contributed by atoms with E-state index in [1.807, 2.05) is 6.92 Å². The molecule has 14 heavy (non-hydrogen) atoms. The third kappa shape index (κ3) is 2.57. The lowest BCUT2D eigenvalue weighted by Crippen LogP contribution is -2.29. The van der Waals surface area contributed by atoms with Gasteiger partial charge in [-0.1, -0.05) is 0 Å². The zero-order valence-corrected chi connectivity index (χ0v) is 10.6. The second-order valence-corrected chi connectivity index (χ2v) is 6.71. The fourth-order valence-electron chi connectivity index (χ4n) is 1.83. The van der Waals surface area contributed by atoms with Gasteiger partial charge < -0.3 is 5.11 Å². The van der Waals surface area contributed by atoms with Crippen LogP contribution in [0.15, 0.2) is 15.9 Å². The maximum absolute atomic E-state index is 9.80. The minimum Gasteiger partial charge on any atom is -0.389 e. The lowest BCUT2D eigenvalue weighted by Gasteiger charge is -2.17. The largest absolute Gasteiger partial charge is 0.389 e. The molecule has 2 rings (SSSR count). The number of thiophene rings is 1. The van der Waals surface area contributed by atoms with Gasteiger partial charge in [-0.3, -0.25) is 4.90 Å². The van der Waals surface area contributed by atoms with Crippen molar-refractivity contribution in [1.82, 2.24) is 4.90 Å². The van der Waals surface area contributed by atoms with Crippen LogP contribution in [0, 0.1) is 0 Å². The number of aliphatic hydroxyl groups is 1. The Morgan fingerprint density at radius 1 is 1.64 bits per heavy atom. The standard InChI is InChI=1S/C10H14BrNOS/c1-10(13)4-5-12(7-10)6-8-2-3-9(11)14-8/h2-3,13H,4-7H2,1H3. The molecule has 1 aliphatic rings. The van der Waals surface area contributed by atoms with Crippen LogP contribution in [0.3, 0.4) is 0 Å². The second kappa shape index (κ2) is 3.93. The summed E-state index contributed by atoms with van der Waals surface area (Å²) >= 11 is 5.22. The molecule has 0 saturated carbocycles. The number of hydrogen-bond acceptors (Lipinski definition) is 3. The molecule has 1 saturated heterocycles. The van der Waals surface area contributed by atoms with Gasteiger partial charge in [-0.2, -0.15) is 0 Å². The normalized spacial score (nSPS) is 28.5. The van der Waals surface area contributed by atoms with Gasteiger partial charge in [0.15, 0.2) is 0 Å². The highest BCUT2D eigenvalue weighted by Gasteiger charge is 2.31. The molecule has 0 aromatic carbocycles. The maximum Gasteiger partial charge on any atom is 0.0758 e. The van der Waals surface area contributed by atoms with Crippen LogP contribution < -0.4 is 0 Å². The molecule has 1 unspecified atom stereocenters. The molecule has 0 amide bonds. The summed E-state index contributed by atoms with van der Waals surface area (Å²) in [4.78, 5) is 3.66. The van der Waals surface area contributed by atoms with Crippen molar-refractivity contribution in [2.24, 2.45) is 0 Å². The van der Waals surface area contributed by atoms with Crippen LogP contribution in [0.25, 0.3) is 0 Å². The fourth-order valence-corrected chi connectivity index (χ4v) is 3.36. The summed E-state index contributed by atoms with van der Waals surface area (Å²) < 4.78 is 1.18. The van der Waals surface area contributed by atoms with Gasteiger partial charge in [-0.05, 0) is 41.4 Å². The van der Waals surface area contributed by atoms with Gasteiger partial charge in [-0.15, -0.1) is 11.3 Å². The molecule has 0 bridgehead atoms. The highest BCUT2D eigenvalue weighted by Crippen LogP contribution is 2.26. The number of nitrogens with zero attached hydrogens (tertiary/aromatic N) is 1. The minimum atomic E-state index is -0.478. The van der Waals surface area contributed by atoms with Crippen LogP contribution in [-0.2, 0) is 6.54 Å². The smallest absolute Gasteiger partial charge is 0.0758 e. The van der Waals surface area contributed by atoms with E-state index in [0.29, 0.717) is 0 Å². The monoisotopic (exact) mass is 275 g/mol. The molecule has 2 nitrogen and oxygen atoms in total. The Morgan fingerprint density at radius 2 is 2.43 bits per heavy atom. The van der Waals surface area contributed by atoms with E-state index in [-0.39, 0.29) is 0 Å². The molecule has 78 valence electrons. The molecule has 1 aromatic heterocycles. The van der Waals surface area contributed by atoms with Crippen LogP contribution in [0.1, 0.15) is 18.2 Å².